The lowest BCUT2D eigenvalue weighted by atomic mass is 10.1. The van der Waals surface area contributed by atoms with Crippen LogP contribution in [0, 0.1) is 11.8 Å². The van der Waals surface area contributed by atoms with Crippen molar-refractivity contribution in [1.82, 2.24) is 4.57 Å². The highest BCUT2D eigenvalue weighted by Crippen LogP contribution is 2.36. The van der Waals surface area contributed by atoms with Crippen LogP contribution in [0.25, 0.3) is 16.3 Å². The maximum atomic E-state index is 12.8. The number of thiophene rings is 1. The highest BCUT2D eigenvalue weighted by atomic mass is 35.5. The van der Waals surface area contributed by atoms with E-state index in [0.29, 0.717) is 11.1 Å². The molecule has 4 aromatic rings. The van der Waals surface area contributed by atoms with Crippen LogP contribution in [0.3, 0.4) is 0 Å². The first-order chi connectivity index (χ1) is 14.9. The number of halogens is 2. The van der Waals surface area contributed by atoms with Crippen LogP contribution in [0.4, 0.5) is 0 Å². The van der Waals surface area contributed by atoms with Crippen molar-refractivity contribution in [2.24, 2.45) is 7.05 Å². The highest BCUT2D eigenvalue weighted by molar-refractivity contribution is 7.19. The van der Waals surface area contributed by atoms with Crippen LogP contribution in [-0.2, 0) is 7.05 Å². The molecule has 0 atom stereocenters. The van der Waals surface area contributed by atoms with Gasteiger partial charge < -0.3 is 4.57 Å². The van der Waals surface area contributed by atoms with Gasteiger partial charge in [0.25, 0.3) is 0 Å². The molecule has 0 N–H and O–H groups in total. The average Bonchev–Trinajstić information content (AvgIpc) is 3.36. The van der Waals surface area contributed by atoms with Gasteiger partial charge in [-0.2, -0.15) is 0 Å². The van der Waals surface area contributed by atoms with Gasteiger partial charge in [-0.05, 0) is 48.4 Å². The molecular formula is C25H13Cl2NO2S. The Kier molecular flexibility index (Phi) is 4.83. The predicted octanol–water partition coefficient (Wildman–Crippen LogP) is 6.41. The molecule has 1 aliphatic rings. The molecule has 1 aliphatic carbocycles. The average molecular weight is 462 g/mol. The van der Waals surface area contributed by atoms with E-state index in [2.05, 4.69) is 11.8 Å². The molecule has 0 saturated carbocycles. The molecule has 2 aromatic carbocycles. The van der Waals surface area contributed by atoms with E-state index in [0.717, 1.165) is 26.4 Å². The van der Waals surface area contributed by atoms with E-state index >= 15 is 0 Å². The zero-order chi connectivity index (χ0) is 21.7. The minimum Gasteiger partial charge on any atom is -0.336 e. The van der Waals surface area contributed by atoms with Crippen molar-refractivity contribution in [3.63, 3.8) is 0 Å². The predicted molar refractivity (Wildman–Crippen MR) is 126 cm³/mol. The first-order valence-electron chi connectivity index (χ1n) is 9.39. The third-order valence-electron chi connectivity index (χ3n) is 5.18. The zero-order valence-electron chi connectivity index (χ0n) is 16.2. The molecule has 3 nitrogen and oxygen atoms in total. The molecule has 2 aromatic heterocycles. The lowest BCUT2D eigenvalue weighted by Crippen LogP contribution is -1.99. The summed E-state index contributed by atoms with van der Waals surface area (Å²) < 4.78 is 3.05. The summed E-state index contributed by atoms with van der Waals surface area (Å²) in [5.74, 6) is 5.72. The minimum absolute atomic E-state index is 0.129. The smallest absolute Gasteiger partial charge is 0.197 e. The Hall–Kier alpha value is -3.10. The van der Waals surface area contributed by atoms with Crippen molar-refractivity contribution >= 4 is 62.4 Å². The van der Waals surface area contributed by atoms with Crippen LogP contribution < -0.4 is 0 Å². The fourth-order valence-electron chi connectivity index (χ4n) is 3.57. The quantitative estimate of drug-likeness (QED) is 0.186. The number of fused-ring (bicyclic) bond motifs is 2. The number of hydrogen-bond acceptors (Lipinski definition) is 3. The van der Waals surface area contributed by atoms with Gasteiger partial charge in [-0.1, -0.05) is 47.3 Å². The molecule has 0 unspecified atom stereocenters. The molecule has 150 valence electrons. The summed E-state index contributed by atoms with van der Waals surface area (Å²) in [7, 11) is 1.95. The second-order valence-electron chi connectivity index (χ2n) is 7.13. The van der Waals surface area contributed by atoms with Gasteiger partial charge in [0.2, 0.25) is 0 Å². The third-order valence-corrected chi connectivity index (χ3v) is 6.92. The lowest BCUT2D eigenvalue weighted by Gasteiger charge is -1.98. The minimum atomic E-state index is -0.328. The normalized spacial score (nSPS) is 12.8. The SMILES string of the molecule is Cn1c(C#Cc2ccccc2)cc2sc(C=C3C(=O)c4cc(Cl)c(Cl)cc4C3=O)cc21. The topological polar surface area (TPSA) is 39.1 Å². The molecule has 0 fully saturated rings. The molecule has 0 radical (unpaired) electrons. The number of hydrogen-bond donors (Lipinski definition) is 0. The summed E-state index contributed by atoms with van der Waals surface area (Å²) in [5, 5.41) is 0.516. The molecule has 6 heteroatoms. The van der Waals surface area contributed by atoms with Gasteiger partial charge in [-0.3, -0.25) is 9.59 Å². The first kappa shape index (κ1) is 19.8. The van der Waals surface area contributed by atoms with Crippen LogP contribution in [0.15, 0.2) is 60.2 Å². The van der Waals surface area contributed by atoms with E-state index < -0.39 is 0 Å². The summed E-state index contributed by atoms with van der Waals surface area (Å²) in [6.45, 7) is 0. The van der Waals surface area contributed by atoms with Crippen molar-refractivity contribution in [3.8, 4) is 11.8 Å². The Balaban J connectivity index is 1.50. The Bertz CT molecular complexity index is 1450. The van der Waals surface area contributed by atoms with E-state index in [4.69, 9.17) is 23.2 Å². The zero-order valence-corrected chi connectivity index (χ0v) is 18.5. The van der Waals surface area contributed by atoms with Crippen molar-refractivity contribution in [3.05, 3.63) is 97.5 Å². The van der Waals surface area contributed by atoms with Crippen LogP contribution in [0.1, 0.15) is 36.9 Å². The van der Waals surface area contributed by atoms with Crippen LogP contribution in [-0.4, -0.2) is 16.1 Å². The first-order valence-corrected chi connectivity index (χ1v) is 11.0. The van der Waals surface area contributed by atoms with Crippen molar-refractivity contribution in [1.29, 1.82) is 0 Å². The highest BCUT2D eigenvalue weighted by Gasteiger charge is 2.34. The molecule has 0 saturated heterocycles. The molecule has 0 bridgehead atoms. The summed E-state index contributed by atoms with van der Waals surface area (Å²) in [5.41, 5.74) is 3.57. The number of carbonyl (C=O) groups excluding carboxylic acids is 2. The van der Waals surface area contributed by atoms with Crippen LogP contribution in [0.5, 0.6) is 0 Å². The fraction of sp³-hybridized carbons (Fsp3) is 0.0400. The number of benzene rings is 2. The van der Waals surface area contributed by atoms with E-state index in [1.807, 2.05) is 54.1 Å². The van der Waals surface area contributed by atoms with Gasteiger partial charge >= 0.3 is 0 Å². The van der Waals surface area contributed by atoms with Gasteiger partial charge in [-0.15, -0.1) is 11.3 Å². The molecule has 31 heavy (non-hydrogen) atoms. The number of ketones is 2. The standard InChI is InChI=1S/C25H13Cl2NO2S/c1-28-15(8-7-14-5-3-2-4-6-14)9-23-22(28)11-16(31-23)10-19-24(29)17-12-20(26)21(27)13-18(17)25(19)30/h2-6,9-13H,1H3. The van der Waals surface area contributed by atoms with Crippen LogP contribution >= 0.6 is 34.5 Å². The largest absolute Gasteiger partial charge is 0.336 e. The number of nitrogens with zero attached hydrogens (tertiary/aromatic N) is 1. The van der Waals surface area contributed by atoms with E-state index in [-0.39, 0.29) is 27.2 Å². The Morgan fingerprint density at radius 1 is 0.903 bits per heavy atom. The summed E-state index contributed by atoms with van der Waals surface area (Å²) in [6.07, 6.45) is 1.65. The number of aryl methyl sites for hydroxylation is 1. The Morgan fingerprint density at radius 3 is 2.16 bits per heavy atom. The van der Waals surface area contributed by atoms with Crippen molar-refractivity contribution in [2.45, 2.75) is 0 Å². The maximum Gasteiger partial charge on any atom is 0.197 e. The fourth-order valence-corrected chi connectivity index (χ4v) is 4.97. The number of aromatic nitrogens is 1. The molecule has 0 aliphatic heterocycles. The lowest BCUT2D eigenvalue weighted by molar-refractivity contribution is 0.0990. The van der Waals surface area contributed by atoms with E-state index in [1.54, 1.807) is 6.08 Å². The van der Waals surface area contributed by atoms with E-state index in [9.17, 15) is 9.59 Å². The monoisotopic (exact) mass is 461 g/mol. The summed E-state index contributed by atoms with van der Waals surface area (Å²) in [6, 6.07) is 16.7. The Morgan fingerprint density at radius 2 is 1.55 bits per heavy atom. The van der Waals surface area contributed by atoms with E-state index in [1.165, 1.54) is 23.5 Å². The second-order valence-corrected chi connectivity index (χ2v) is 9.06. The summed E-state index contributed by atoms with van der Waals surface area (Å²) in [4.78, 5) is 26.3. The van der Waals surface area contributed by atoms with Gasteiger partial charge in [0.05, 0.1) is 31.5 Å². The maximum absolute atomic E-state index is 12.8. The van der Waals surface area contributed by atoms with Gasteiger partial charge in [0, 0.05) is 28.6 Å². The third kappa shape index (κ3) is 3.41. The molecule has 5 rings (SSSR count). The number of allylic oxidation sites excluding steroid dienone is 1. The molecule has 2 heterocycles. The van der Waals surface area contributed by atoms with Crippen LogP contribution in [0.2, 0.25) is 10.0 Å². The molecule has 0 spiro atoms. The second kappa shape index (κ2) is 7.55. The number of Topliss-reactive ketones (excluding diaryl/α,β-unsaturated/α-hetero) is 2. The van der Waals surface area contributed by atoms with Crippen molar-refractivity contribution in [2.75, 3.05) is 0 Å². The van der Waals surface area contributed by atoms with Gasteiger partial charge in [0.15, 0.2) is 11.6 Å². The summed E-state index contributed by atoms with van der Waals surface area (Å²) >= 11 is 13.6. The Labute approximate surface area is 192 Å². The van der Waals surface area contributed by atoms with Gasteiger partial charge in [-0.25, -0.2) is 0 Å². The molecule has 0 amide bonds. The molecular weight excluding hydrogens is 449 g/mol. The van der Waals surface area contributed by atoms with Crippen molar-refractivity contribution < 1.29 is 9.59 Å². The number of rotatable bonds is 1. The number of carbonyl (C=O) groups is 2. The van der Waals surface area contributed by atoms with Gasteiger partial charge in [0.1, 0.15) is 0 Å².